The average Bonchev–Trinajstić information content (AvgIpc) is 3.12. The van der Waals surface area contributed by atoms with E-state index in [1.54, 1.807) is 36.6 Å². The molecule has 0 saturated carbocycles. The minimum absolute atomic E-state index is 0.120. The Labute approximate surface area is 175 Å². The molecule has 0 saturated heterocycles. The second-order valence-corrected chi connectivity index (χ2v) is 7.10. The molecule has 9 heteroatoms. The summed E-state index contributed by atoms with van der Waals surface area (Å²) in [5, 5.41) is 15.9. The third kappa shape index (κ3) is 4.44. The van der Waals surface area contributed by atoms with E-state index in [1.807, 2.05) is 0 Å². The van der Waals surface area contributed by atoms with Gasteiger partial charge in [-0.3, -0.25) is 14.9 Å². The Hall–Kier alpha value is -3.23. The maximum atomic E-state index is 12.6. The van der Waals surface area contributed by atoms with Gasteiger partial charge in [-0.2, -0.15) is 0 Å². The van der Waals surface area contributed by atoms with E-state index in [-0.39, 0.29) is 23.4 Å². The van der Waals surface area contributed by atoms with Crippen LogP contribution in [-0.4, -0.2) is 23.4 Å². The van der Waals surface area contributed by atoms with Crippen molar-refractivity contribution in [3.8, 4) is 11.1 Å². The van der Waals surface area contributed by atoms with Gasteiger partial charge in [0.1, 0.15) is 10.6 Å². The quantitative estimate of drug-likeness (QED) is 0.320. The lowest BCUT2D eigenvalue weighted by atomic mass is 10.0. The number of nitrogens with zero attached hydrogens (tertiary/aromatic N) is 1. The SMILES string of the molecule is CCOC(=O)c1c(-c2ccccc2Cl)csc1NC(=O)c1ccc([N+](=O)[O-])cc1. The number of halogens is 1. The summed E-state index contributed by atoms with van der Waals surface area (Å²) < 4.78 is 5.16. The number of hydrogen-bond donors (Lipinski definition) is 1. The standard InChI is InChI=1S/C20H15ClN2O5S/c1-2-28-20(25)17-15(14-5-3-4-6-16(14)21)11-29-19(17)22-18(24)12-7-9-13(10-8-12)23(26)27/h3-11H,2H2,1H3,(H,22,24). The number of carbonyl (C=O) groups excluding carboxylic acids is 2. The van der Waals surface area contributed by atoms with Crippen LogP contribution in [0.1, 0.15) is 27.6 Å². The molecule has 2 aromatic carbocycles. The number of hydrogen-bond acceptors (Lipinski definition) is 6. The zero-order valence-electron chi connectivity index (χ0n) is 15.2. The van der Waals surface area contributed by atoms with Crippen LogP contribution in [0.4, 0.5) is 10.7 Å². The number of amides is 1. The van der Waals surface area contributed by atoms with E-state index in [2.05, 4.69) is 5.32 Å². The predicted octanol–water partition coefficient (Wildman–Crippen LogP) is 5.41. The highest BCUT2D eigenvalue weighted by Crippen LogP contribution is 2.39. The molecule has 0 radical (unpaired) electrons. The second kappa shape index (κ2) is 8.85. The molecule has 29 heavy (non-hydrogen) atoms. The highest BCUT2D eigenvalue weighted by molar-refractivity contribution is 7.15. The monoisotopic (exact) mass is 430 g/mol. The molecule has 0 unspecified atom stereocenters. The smallest absolute Gasteiger partial charge is 0.341 e. The minimum atomic E-state index is -0.581. The Bertz CT molecular complexity index is 1080. The summed E-state index contributed by atoms with van der Waals surface area (Å²) >= 11 is 7.44. The molecule has 3 rings (SSSR count). The van der Waals surface area contributed by atoms with Crippen LogP contribution < -0.4 is 5.32 Å². The lowest BCUT2D eigenvalue weighted by Crippen LogP contribution is -2.14. The van der Waals surface area contributed by atoms with Gasteiger partial charge in [-0.25, -0.2) is 4.79 Å². The number of carbonyl (C=O) groups is 2. The van der Waals surface area contributed by atoms with Gasteiger partial charge < -0.3 is 10.1 Å². The normalized spacial score (nSPS) is 10.4. The van der Waals surface area contributed by atoms with Crippen LogP contribution in [0.15, 0.2) is 53.9 Å². The fourth-order valence-corrected chi connectivity index (χ4v) is 3.82. The first-order chi connectivity index (χ1) is 13.9. The fraction of sp³-hybridized carbons (Fsp3) is 0.100. The topological polar surface area (TPSA) is 98.5 Å². The number of benzene rings is 2. The number of thiophene rings is 1. The van der Waals surface area contributed by atoms with E-state index in [4.69, 9.17) is 16.3 Å². The van der Waals surface area contributed by atoms with Gasteiger partial charge >= 0.3 is 5.97 Å². The molecule has 0 fully saturated rings. The number of nitro groups is 1. The average molecular weight is 431 g/mol. The number of esters is 1. The van der Waals surface area contributed by atoms with Crippen molar-refractivity contribution in [2.75, 3.05) is 11.9 Å². The van der Waals surface area contributed by atoms with Crippen LogP contribution in [0.2, 0.25) is 5.02 Å². The van der Waals surface area contributed by atoms with E-state index in [9.17, 15) is 19.7 Å². The fourth-order valence-electron chi connectivity index (χ4n) is 2.64. The van der Waals surface area contributed by atoms with Gasteiger partial charge in [0.2, 0.25) is 0 Å². The Morgan fingerprint density at radius 2 is 1.83 bits per heavy atom. The lowest BCUT2D eigenvalue weighted by molar-refractivity contribution is -0.384. The van der Waals surface area contributed by atoms with Crippen LogP contribution in [-0.2, 0) is 4.74 Å². The molecule has 0 aliphatic heterocycles. The van der Waals surface area contributed by atoms with Crippen molar-refractivity contribution in [2.45, 2.75) is 6.92 Å². The molecule has 0 spiro atoms. The maximum Gasteiger partial charge on any atom is 0.341 e. The maximum absolute atomic E-state index is 12.6. The first kappa shape index (κ1) is 20.5. The summed E-state index contributed by atoms with van der Waals surface area (Å²) in [4.78, 5) is 35.4. The van der Waals surface area contributed by atoms with Crippen molar-refractivity contribution < 1.29 is 19.2 Å². The summed E-state index contributed by atoms with van der Waals surface area (Å²) in [5.74, 6) is -1.08. The summed E-state index contributed by atoms with van der Waals surface area (Å²) in [5.41, 5.74) is 1.51. The van der Waals surface area contributed by atoms with Crippen molar-refractivity contribution in [1.82, 2.24) is 0 Å². The van der Waals surface area contributed by atoms with Crippen LogP contribution in [0.25, 0.3) is 11.1 Å². The Balaban J connectivity index is 1.96. The number of ether oxygens (including phenoxy) is 1. The number of nitrogens with one attached hydrogen (secondary N) is 1. The molecule has 1 aromatic heterocycles. The molecule has 1 amide bonds. The van der Waals surface area contributed by atoms with Gasteiger partial charge in [0, 0.05) is 39.2 Å². The number of rotatable bonds is 6. The van der Waals surface area contributed by atoms with Crippen molar-refractivity contribution in [3.05, 3.63) is 80.2 Å². The molecule has 7 nitrogen and oxygen atoms in total. The lowest BCUT2D eigenvalue weighted by Gasteiger charge is -2.09. The Morgan fingerprint density at radius 1 is 1.14 bits per heavy atom. The van der Waals surface area contributed by atoms with Crippen LogP contribution in [0.3, 0.4) is 0 Å². The summed E-state index contributed by atoms with van der Waals surface area (Å²) in [6, 6.07) is 12.2. The third-order valence-electron chi connectivity index (χ3n) is 4.00. The minimum Gasteiger partial charge on any atom is -0.462 e. The van der Waals surface area contributed by atoms with E-state index < -0.39 is 16.8 Å². The van der Waals surface area contributed by atoms with Crippen LogP contribution in [0, 0.1) is 10.1 Å². The van der Waals surface area contributed by atoms with E-state index in [1.165, 1.54) is 35.6 Å². The van der Waals surface area contributed by atoms with E-state index in [0.29, 0.717) is 21.2 Å². The number of anilines is 1. The van der Waals surface area contributed by atoms with Gasteiger partial charge in [0.15, 0.2) is 0 Å². The first-order valence-electron chi connectivity index (χ1n) is 8.51. The van der Waals surface area contributed by atoms with Gasteiger partial charge in [-0.15, -0.1) is 11.3 Å². The second-order valence-electron chi connectivity index (χ2n) is 5.81. The zero-order chi connectivity index (χ0) is 21.0. The van der Waals surface area contributed by atoms with Gasteiger partial charge in [0.05, 0.1) is 11.5 Å². The number of nitro benzene ring substituents is 1. The molecular formula is C20H15ClN2O5S. The van der Waals surface area contributed by atoms with Crippen LogP contribution >= 0.6 is 22.9 Å². The highest BCUT2D eigenvalue weighted by Gasteiger charge is 2.24. The molecular weight excluding hydrogens is 416 g/mol. The van der Waals surface area contributed by atoms with Gasteiger partial charge in [-0.05, 0) is 25.1 Å². The van der Waals surface area contributed by atoms with Gasteiger partial charge in [0.25, 0.3) is 11.6 Å². The van der Waals surface area contributed by atoms with Crippen molar-refractivity contribution in [3.63, 3.8) is 0 Å². The third-order valence-corrected chi connectivity index (χ3v) is 5.23. The first-order valence-corrected chi connectivity index (χ1v) is 9.77. The highest BCUT2D eigenvalue weighted by atomic mass is 35.5. The van der Waals surface area contributed by atoms with Gasteiger partial charge in [-0.1, -0.05) is 29.8 Å². The molecule has 0 aliphatic carbocycles. The van der Waals surface area contributed by atoms with E-state index in [0.717, 1.165) is 0 Å². The molecule has 0 aliphatic rings. The van der Waals surface area contributed by atoms with Crippen molar-refractivity contribution >= 4 is 45.5 Å². The summed E-state index contributed by atoms with van der Waals surface area (Å²) in [7, 11) is 0. The molecule has 1 heterocycles. The predicted molar refractivity (Wildman–Crippen MR) is 112 cm³/mol. The molecule has 148 valence electrons. The van der Waals surface area contributed by atoms with Crippen LogP contribution in [0.5, 0.6) is 0 Å². The molecule has 1 N–H and O–H groups in total. The molecule has 0 atom stereocenters. The Morgan fingerprint density at radius 3 is 2.45 bits per heavy atom. The number of non-ortho nitro benzene ring substituents is 1. The molecule has 3 aromatic rings. The van der Waals surface area contributed by atoms with E-state index >= 15 is 0 Å². The Kier molecular flexibility index (Phi) is 6.26. The zero-order valence-corrected chi connectivity index (χ0v) is 16.8. The summed E-state index contributed by atoms with van der Waals surface area (Å²) in [6.07, 6.45) is 0. The van der Waals surface area contributed by atoms with Crippen molar-refractivity contribution in [1.29, 1.82) is 0 Å². The van der Waals surface area contributed by atoms with Crippen molar-refractivity contribution in [2.24, 2.45) is 0 Å². The summed E-state index contributed by atoms with van der Waals surface area (Å²) in [6.45, 7) is 1.86. The largest absolute Gasteiger partial charge is 0.462 e. The molecule has 0 bridgehead atoms.